The summed E-state index contributed by atoms with van der Waals surface area (Å²) in [6.45, 7) is 9.01. The molecule has 0 amide bonds. The number of halogens is 4. The molecular formula is C20H29F3IN7. The highest BCUT2D eigenvalue weighted by Crippen LogP contribution is 2.29. The lowest BCUT2D eigenvalue weighted by Gasteiger charge is -2.36. The summed E-state index contributed by atoms with van der Waals surface area (Å²) in [6.07, 6.45) is -4.30. The van der Waals surface area contributed by atoms with Crippen LogP contribution < -0.4 is 5.32 Å². The lowest BCUT2D eigenvalue weighted by Crippen LogP contribution is -2.52. The van der Waals surface area contributed by atoms with E-state index in [9.17, 15) is 13.2 Å². The Kier molecular flexibility index (Phi) is 9.10. The van der Waals surface area contributed by atoms with Gasteiger partial charge in [0.1, 0.15) is 12.4 Å². The standard InChI is InChI=1S/C20H28F3N7.HI/c1-4-24-19(25-13-18-27-26-15(2)28(18)3)30-11-9-29(10-12-30)14-16-5-7-17(8-6-16)20(21,22)23;/h5-8H,4,9-14H2,1-3H3,(H,24,25);1H. The quantitative estimate of drug-likeness (QED) is 0.352. The number of hydrogen-bond acceptors (Lipinski definition) is 4. The molecule has 3 rings (SSSR count). The fraction of sp³-hybridized carbons (Fsp3) is 0.550. The molecule has 0 aliphatic carbocycles. The van der Waals surface area contributed by atoms with Crippen molar-refractivity contribution in [1.29, 1.82) is 0 Å². The molecule has 1 fully saturated rings. The predicted octanol–water partition coefficient (Wildman–Crippen LogP) is 3.04. The second-order valence-electron chi connectivity index (χ2n) is 7.35. The largest absolute Gasteiger partial charge is 0.416 e. The number of rotatable bonds is 5. The maximum absolute atomic E-state index is 12.7. The first-order valence-corrected chi connectivity index (χ1v) is 10.0. The lowest BCUT2D eigenvalue weighted by molar-refractivity contribution is -0.137. The van der Waals surface area contributed by atoms with Crippen LogP contribution in [0.5, 0.6) is 0 Å². The number of alkyl halides is 3. The number of aryl methyl sites for hydroxylation is 1. The molecule has 0 saturated carbocycles. The van der Waals surface area contributed by atoms with Gasteiger partial charge in [0.2, 0.25) is 0 Å². The van der Waals surface area contributed by atoms with Crippen molar-refractivity contribution in [2.45, 2.75) is 33.1 Å². The minimum absolute atomic E-state index is 0. The summed E-state index contributed by atoms with van der Waals surface area (Å²) in [5.41, 5.74) is 0.273. The number of aliphatic imine (C=N–C) groups is 1. The van der Waals surface area contributed by atoms with E-state index in [0.29, 0.717) is 13.1 Å². The van der Waals surface area contributed by atoms with Gasteiger partial charge in [-0.1, -0.05) is 12.1 Å². The fourth-order valence-electron chi connectivity index (χ4n) is 3.34. The Hall–Kier alpha value is -1.89. The van der Waals surface area contributed by atoms with E-state index in [4.69, 9.17) is 4.99 Å². The van der Waals surface area contributed by atoms with Gasteiger partial charge in [-0.2, -0.15) is 13.2 Å². The van der Waals surface area contributed by atoms with E-state index in [1.807, 2.05) is 25.5 Å². The van der Waals surface area contributed by atoms with Crippen LogP contribution in [0.3, 0.4) is 0 Å². The number of hydrogen-bond donors (Lipinski definition) is 1. The van der Waals surface area contributed by atoms with Crippen molar-refractivity contribution in [1.82, 2.24) is 29.9 Å². The van der Waals surface area contributed by atoms with Gasteiger partial charge in [0.15, 0.2) is 11.8 Å². The molecule has 0 atom stereocenters. The van der Waals surface area contributed by atoms with Gasteiger partial charge in [0, 0.05) is 46.3 Å². The van der Waals surface area contributed by atoms with Crippen LogP contribution in [0.1, 0.15) is 29.7 Å². The van der Waals surface area contributed by atoms with Gasteiger partial charge >= 0.3 is 6.18 Å². The van der Waals surface area contributed by atoms with Gasteiger partial charge in [0.25, 0.3) is 0 Å². The van der Waals surface area contributed by atoms with Gasteiger partial charge in [-0.15, -0.1) is 34.2 Å². The van der Waals surface area contributed by atoms with Crippen LogP contribution in [0.2, 0.25) is 0 Å². The number of benzene rings is 1. The van der Waals surface area contributed by atoms with Gasteiger partial charge < -0.3 is 14.8 Å². The van der Waals surface area contributed by atoms with Crippen molar-refractivity contribution < 1.29 is 13.2 Å². The molecule has 11 heteroatoms. The molecular weight excluding hydrogens is 522 g/mol. The highest BCUT2D eigenvalue weighted by molar-refractivity contribution is 14.0. The molecule has 2 aromatic rings. The molecule has 0 radical (unpaired) electrons. The summed E-state index contributed by atoms with van der Waals surface area (Å²) >= 11 is 0. The molecule has 0 spiro atoms. The van der Waals surface area contributed by atoms with Crippen LogP contribution in [0, 0.1) is 6.92 Å². The number of nitrogens with one attached hydrogen (secondary N) is 1. The van der Waals surface area contributed by atoms with E-state index in [-0.39, 0.29) is 24.0 Å². The van der Waals surface area contributed by atoms with E-state index in [1.165, 1.54) is 0 Å². The van der Waals surface area contributed by atoms with E-state index in [1.54, 1.807) is 12.1 Å². The predicted molar refractivity (Wildman–Crippen MR) is 124 cm³/mol. The summed E-state index contributed by atoms with van der Waals surface area (Å²) in [5.74, 6) is 2.50. The fourth-order valence-corrected chi connectivity index (χ4v) is 3.34. The molecule has 31 heavy (non-hydrogen) atoms. The second kappa shape index (κ2) is 11.1. The molecule has 1 aromatic heterocycles. The Labute approximate surface area is 197 Å². The smallest absolute Gasteiger partial charge is 0.357 e. The third-order valence-corrected chi connectivity index (χ3v) is 5.25. The molecule has 1 N–H and O–H groups in total. The molecule has 1 aromatic carbocycles. The van der Waals surface area contributed by atoms with Crippen LogP contribution in [-0.2, 0) is 26.3 Å². The number of aromatic nitrogens is 3. The van der Waals surface area contributed by atoms with Gasteiger partial charge in [-0.25, -0.2) is 4.99 Å². The van der Waals surface area contributed by atoms with E-state index < -0.39 is 11.7 Å². The first-order valence-electron chi connectivity index (χ1n) is 10.0. The number of nitrogens with zero attached hydrogens (tertiary/aromatic N) is 6. The van der Waals surface area contributed by atoms with Crippen LogP contribution in [0.15, 0.2) is 29.3 Å². The van der Waals surface area contributed by atoms with Crippen LogP contribution in [0.4, 0.5) is 13.2 Å². The van der Waals surface area contributed by atoms with Gasteiger partial charge in [-0.3, -0.25) is 4.90 Å². The van der Waals surface area contributed by atoms with Crippen molar-refractivity contribution in [3.8, 4) is 0 Å². The third kappa shape index (κ3) is 6.79. The van der Waals surface area contributed by atoms with Crippen LogP contribution in [-0.4, -0.2) is 63.2 Å². The second-order valence-corrected chi connectivity index (χ2v) is 7.35. The zero-order valence-corrected chi connectivity index (χ0v) is 20.3. The molecule has 172 valence electrons. The lowest BCUT2D eigenvalue weighted by atomic mass is 10.1. The first-order chi connectivity index (χ1) is 14.3. The zero-order chi connectivity index (χ0) is 21.7. The zero-order valence-electron chi connectivity index (χ0n) is 18.0. The van der Waals surface area contributed by atoms with Crippen LogP contribution in [0.25, 0.3) is 0 Å². The number of piperazine rings is 1. The van der Waals surface area contributed by atoms with E-state index in [0.717, 1.165) is 68.0 Å². The van der Waals surface area contributed by atoms with Crippen molar-refractivity contribution in [3.05, 3.63) is 47.0 Å². The minimum Gasteiger partial charge on any atom is -0.357 e. The molecule has 0 unspecified atom stereocenters. The van der Waals surface area contributed by atoms with Crippen molar-refractivity contribution >= 4 is 29.9 Å². The summed E-state index contributed by atoms with van der Waals surface area (Å²) in [6, 6.07) is 5.42. The molecule has 7 nitrogen and oxygen atoms in total. The Morgan fingerprint density at radius 3 is 2.26 bits per heavy atom. The van der Waals surface area contributed by atoms with Crippen LogP contribution >= 0.6 is 24.0 Å². The van der Waals surface area contributed by atoms with Crippen molar-refractivity contribution in [2.75, 3.05) is 32.7 Å². The topological polar surface area (TPSA) is 61.6 Å². The summed E-state index contributed by atoms with van der Waals surface area (Å²) in [5, 5.41) is 11.5. The Bertz CT molecular complexity index is 857. The third-order valence-electron chi connectivity index (χ3n) is 5.25. The summed E-state index contributed by atoms with van der Waals surface area (Å²) in [4.78, 5) is 9.16. The first kappa shape index (κ1) is 25.4. The highest BCUT2D eigenvalue weighted by Gasteiger charge is 2.30. The van der Waals surface area contributed by atoms with Gasteiger partial charge in [-0.05, 0) is 31.5 Å². The Balaban J connectivity index is 0.00000341. The minimum atomic E-state index is -4.30. The monoisotopic (exact) mass is 551 g/mol. The average Bonchev–Trinajstić information content (AvgIpc) is 3.04. The molecule has 2 heterocycles. The average molecular weight is 551 g/mol. The maximum atomic E-state index is 12.7. The van der Waals surface area contributed by atoms with E-state index >= 15 is 0 Å². The Morgan fingerprint density at radius 1 is 1.10 bits per heavy atom. The summed E-state index contributed by atoms with van der Waals surface area (Å²) < 4.78 is 40.1. The molecule has 1 aliphatic rings. The van der Waals surface area contributed by atoms with Crippen molar-refractivity contribution in [3.63, 3.8) is 0 Å². The SMILES string of the molecule is CCNC(=NCc1nnc(C)n1C)N1CCN(Cc2ccc(C(F)(F)F)cc2)CC1.I. The number of guanidine groups is 1. The van der Waals surface area contributed by atoms with Gasteiger partial charge in [0.05, 0.1) is 5.56 Å². The Morgan fingerprint density at radius 2 is 1.74 bits per heavy atom. The maximum Gasteiger partial charge on any atom is 0.416 e. The van der Waals surface area contributed by atoms with Crippen molar-refractivity contribution in [2.24, 2.45) is 12.0 Å². The molecule has 1 saturated heterocycles. The normalized spacial score (nSPS) is 15.7. The highest BCUT2D eigenvalue weighted by atomic mass is 127. The molecule has 0 bridgehead atoms. The molecule has 1 aliphatic heterocycles. The van der Waals surface area contributed by atoms with E-state index in [2.05, 4.69) is 25.3 Å². The summed E-state index contributed by atoms with van der Waals surface area (Å²) in [7, 11) is 1.92.